The lowest BCUT2D eigenvalue weighted by Crippen LogP contribution is -2.25. The van der Waals surface area contributed by atoms with Crippen molar-refractivity contribution in [3.63, 3.8) is 0 Å². The van der Waals surface area contributed by atoms with Crippen molar-refractivity contribution < 1.29 is 4.79 Å². The number of pyridine rings is 1. The number of unbranched alkanes of at least 4 members (excludes halogenated alkanes) is 1. The number of nitrogens with one attached hydrogen (secondary N) is 2. The van der Waals surface area contributed by atoms with Crippen molar-refractivity contribution in [1.82, 2.24) is 15.6 Å². The van der Waals surface area contributed by atoms with Gasteiger partial charge in [0.2, 0.25) is 0 Å². The number of nitriles is 1. The van der Waals surface area contributed by atoms with Crippen LogP contribution in [0.4, 0.5) is 0 Å². The van der Waals surface area contributed by atoms with E-state index in [0.29, 0.717) is 6.54 Å². The summed E-state index contributed by atoms with van der Waals surface area (Å²) >= 11 is 0. The molecule has 0 atom stereocenters. The second-order valence-electron chi connectivity index (χ2n) is 5.61. The van der Waals surface area contributed by atoms with Crippen LogP contribution in [0.1, 0.15) is 24.0 Å². The molecule has 0 fully saturated rings. The minimum atomic E-state index is -0.386. The van der Waals surface area contributed by atoms with E-state index in [1.807, 2.05) is 30.3 Å². The molecule has 2 rings (SSSR count). The minimum absolute atomic E-state index is 0.0759. The first-order chi connectivity index (χ1) is 12.3. The predicted octanol–water partition coefficient (Wildman–Crippen LogP) is 2.72. The lowest BCUT2D eigenvalue weighted by Gasteiger charge is -2.05. The summed E-state index contributed by atoms with van der Waals surface area (Å²) in [6.07, 6.45) is 7.90. The summed E-state index contributed by atoms with van der Waals surface area (Å²) in [5, 5.41) is 14.9. The van der Waals surface area contributed by atoms with Crippen LogP contribution in [-0.4, -0.2) is 17.4 Å². The predicted molar refractivity (Wildman–Crippen MR) is 97.2 cm³/mol. The molecule has 0 saturated carbocycles. The second-order valence-corrected chi connectivity index (χ2v) is 5.61. The summed E-state index contributed by atoms with van der Waals surface area (Å²) < 4.78 is 0. The Morgan fingerprint density at radius 1 is 1.12 bits per heavy atom. The maximum Gasteiger partial charge on any atom is 0.263 e. The first kappa shape index (κ1) is 18.2. The van der Waals surface area contributed by atoms with Crippen molar-refractivity contribution in [2.45, 2.75) is 25.8 Å². The Morgan fingerprint density at radius 2 is 1.92 bits per heavy atom. The van der Waals surface area contributed by atoms with Crippen LogP contribution < -0.4 is 10.6 Å². The van der Waals surface area contributed by atoms with Gasteiger partial charge in [-0.2, -0.15) is 5.26 Å². The monoisotopic (exact) mass is 334 g/mol. The van der Waals surface area contributed by atoms with E-state index in [2.05, 4.69) is 27.8 Å². The van der Waals surface area contributed by atoms with E-state index in [4.69, 9.17) is 5.26 Å². The summed E-state index contributed by atoms with van der Waals surface area (Å²) in [6.45, 7) is 1.08. The molecule has 0 unspecified atom stereocenters. The van der Waals surface area contributed by atoms with Crippen LogP contribution in [-0.2, 0) is 17.8 Å². The Balaban J connectivity index is 1.67. The molecule has 1 aromatic heterocycles. The number of carbonyl (C=O) groups is 1. The molecule has 5 heteroatoms. The molecule has 5 nitrogen and oxygen atoms in total. The molecular weight excluding hydrogens is 312 g/mol. The van der Waals surface area contributed by atoms with Crippen LogP contribution in [0.15, 0.2) is 66.6 Å². The van der Waals surface area contributed by atoms with Gasteiger partial charge in [0.25, 0.3) is 5.91 Å². The van der Waals surface area contributed by atoms with Crippen LogP contribution >= 0.6 is 0 Å². The lowest BCUT2D eigenvalue weighted by atomic mass is 10.1. The maximum atomic E-state index is 12.0. The van der Waals surface area contributed by atoms with Crippen molar-refractivity contribution in [3.05, 3.63) is 77.8 Å². The highest BCUT2D eigenvalue weighted by molar-refractivity contribution is 5.97. The number of benzene rings is 1. The lowest BCUT2D eigenvalue weighted by molar-refractivity contribution is -0.117. The fourth-order valence-electron chi connectivity index (χ4n) is 2.30. The molecule has 2 N–H and O–H groups in total. The standard InChI is InChI=1S/C20H22N4O/c21-13-19(20(25)24-15-18-10-6-12-22-14-18)16-23-11-5-4-9-17-7-2-1-3-8-17/h1-3,6-8,10,12,14,16,23H,4-5,9,11,15H2,(H,24,25)/b19-16-. The Bertz CT molecular complexity index is 720. The molecule has 1 amide bonds. The average molecular weight is 334 g/mol. The van der Waals surface area contributed by atoms with E-state index in [1.54, 1.807) is 18.5 Å². The average Bonchev–Trinajstić information content (AvgIpc) is 2.67. The molecular formula is C20H22N4O. The quantitative estimate of drug-likeness (QED) is 0.420. The SMILES string of the molecule is N#C/C(=C/NCCCCc1ccccc1)C(=O)NCc1cccnc1. The summed E-state index contributed by atoms with van der Waals surface area (Å²) in [5.41, 5.74) is 2.29. The number of rotatable bonds is 9. The highest BCUT2D eigenvalue weighted by Gasteiger charge is 2.08. The number of aromatic nitrogens is 1. The third-order valence-corrected chi connectivity index (χ3v) is 3.67. The van der Waals surface area contributed by atoms with E-state index < -0.39 is 0 Å². The van der Waals surface area contributed by atoms with Crippen molar-refractivity contribution in [3.8, 4) is 6.07 Å². The van der Waals surface area contributed by atoms with Crippen molar-refractivity contribution in [2.24, 2.45) is 0 Å². The highest BCUT2D eigenvalue weighted by atomic mass is 16.1. The van der Waals surface area contributed by atoms with Crippen LogP contribution in [0, 0.1) is 11.3 Å². The van der Waals surface area contributed by atoms with E-state index >= 15 is 0 Å². The summed E-state index contributed by atoms with van der Waals surface area (Å²) in [7, 11) is 0. The van der Waals surface area contributed by atoms with Gasteiger partial charge in [-0.25, -0.2) is 0 Å². The molecule has 2 aromatic rings. The molecule has 25 heavy (non-hydrogen) atoms. The van der Waals surface area contributed by atoms with Crippen molar-refractivity contribution in [2.75, 3.05) is 6.54 Å². The van der Waals surface area contributed by atoms with E-state index in [0.717, 1.165) is 31.4 Å². The Labute approximate surface area is 148 Å². The van der Waals surface area contributed by atoms with Gasteiger partial charge >= 0.3 is 0 Å². The number of hydrogen-bond donors (Lipinski definition) is 2. The van der Waals surface area contributed by atoms with Gasteiger partial charge < -0.3 is 10.6 Å². The van der Waals surface area contributed by atoms with E-state index in [1.165, 1.54) is 11.8 Å². The summed E-state index contributed by atoms with van der Waals surface area (Å²) in [6, 6.07) is 15.9. The Hall–Kier alpha value is -3.13. The summed E-state index contributed by atoms with van der Waals surface area (Å²) in [5.74, 6) is -0.386. The van der Waals surface area contributed by atoms with E-state index in [9.17, 15) is 4.79 Å². The third-order valence-electron chi connectivity index (χ3n) is 3.67. The van der Waals surface area contributed by atoms with Gasteiger partial charge in [-0.3, -0.25) is 9.78 Å². The molecule has 1 heterocycles. The second kappa shape index (κ2) is 10.6. The molecule has 0 saturated heterocycles. The summed E-state index contributed by atoms with van der Waals surface area (Å²) in [4.78, 5) is 16.0. The van der Waals surface area contributed by atoms with E-state index in [-0.39, 0.29) is 11.5 Å². The molecule has 128 valence electrons. The third kappa shape index (κ3) is 6.88. The molecule has 0 radical (unpaired) electrons. The molecule has 1 aromatic carbocycles. The van der Waals surface area contributed by atoms with Crippen molar-refractivity contribution >= 4 is 5.91 Å². The number of carbonyl (C=O) groups excluding carboxylic acids is 1. The normalized spacial score (nSPS) is 10.8. The minimum Gasteiger partial charge on any atom is -0.390 e. The van der Waals surface area contributed by atoms with Gasteiger partial charge in [0.05, 0.1) is 0 Å². The largest absolute Gasteiger partial charge is 0.390 e. The number of amides is 1. The highest BCUT2D eigenvalue weighted by Crippen LogP contribution is 2.04. The molecule has 0 aliphatic carbocycles. The Kier molecular flexibility index (Phi) is 7.73. The first-order valence-corrected chi connectivity index (χ1v) is 8.34. The zero-order valence-corrected chi connectivity index (χ0v) is 14.1. The van der Waals surface area contributed by atoms with Gasteiger partial charge in [0, 0.05) is 31.7 Å². The topological polar surface area (TPSA) is 77.8 Å². The van der Waals surface area contributed by atoms with Gasteiger partial charge in [-0.15, -0.1) is 0 Å². The molecule has 0 aliphatic heterocycles. The molecule has 0 bridgehead atoms. The number of aryl methyl sites for hydroxylation is 1. The number of nitrogens with zero attached hydrogens (tertiary/aromatic N) is 2. The Morgan fingerprint density at radius 3 is 2.64 bits per heavy atom. The zero-order valence-electron chi connectivity index (χ0n) is 14.1. The van der Waals surface area contributed by atoms with Gasteiger partial charge in [0.15, 0.2) is 0 Å². The van der Waals surface area contributed by atoms with Crippen LogP contribution in [0.5, 0.6) is 0 Å². The van der Waals surface area contributed by atoms with Crippen LogP contribution in [0.25, 0.3) is 0 Å². The smallest absolute Gasteiger partial charge is 0.263 e. The molecule has 0 aliphatic rings. The molecule has 0 spiro atoms. The van der Waals surface area contributed by atoms with Gasteiger partial charge in [-0.05, 0) is 36.5 Å². The van der Waals surface area contributed by atoms with Crippen LogP contribution in [0.2, 0.25) is 0 Å². The first-order valence-electron chi connectivity index (χ1n) is 8.34. The maximum absolute atomic E-state index is 12.0. The van der Waals surface area contributed by atoms with Gasteiger partial charge in [0.1, 0.15) is 11.6 Å². The zero-order chi connectivity index (χ0) is 17.7. The van der Waals surface area contributed by atoms with Gasteiger partial charge in [-0.1, -0.05) is 36.4 Å². The van der Waals surface area contributed by atoms with Crippen LogP contribution in [0.3, 0.4) is 0 Å². The van der Waals surface area contributed by atoms with Crippen molar-refractivity contribution in [1.29, 1.82) is 5.26 Å². The fraction of sp³-hybridized carbons (Fsp3) is 0.250. The fourth-order valence-corrected chi connectivity index (χ4v) is 2.30. The number of hydrogen-bond acceptors (Lipinski definition) is 4.